The summed E-state index contributed by atoms with van der Waals surface area (Å²) >= 11 is 1.46. The van der Waals surface area contributed by atoms with Crippen molar-refractivity contribution in [2.45, 2.75) is 33.1 Å². The smallest absolute Gasteiger partial charge is 0.267 e. The highest BCUT2D eigenvalue weighted by molar-refractivity contribution is 7.18. The van der Waals surface area contributed by atoms with E-state index < -0.39 is 0 Å². The van der Waals surface area contributed by atoms with Gasteiger partial charge < -0.3 is 15.5 Å². The zero-order valence-electron chi connectivity index (χ0n) is 12.8. The third-order valence-electron chi connectivity index (χ3n) is 4.67. The fraction of sp³-hybridized carbons (Fsp3) is 0.733. The van der Waals surface area contributed by atoms with Crippen LogP contribution in [0.2, 0.25) is 0 Å². The lowest BCUT2D eigenvalue weighted by molar-refractivity contribution is 0.0789. The first kappa shape index (κ1) is 14.6. The van der Waals surface area contributed by atoms with Gasteiger partial charge in [0.05, 0.1) is 0 Å². The normalized spacial score (nSPS) is 22.5. The summed E-state index contributed by atoms with van der Waals surface area (Å²) in [4.78, 5) is 21.9. The molecule has 0 bridgehead atoms. The molecule has 2 N–H and O–H groups in total. The highest BCUT2D eigenvalue weighted by atomic mass is 32.1. The van der Waals surface area contributed by atoms with Crippen LogP contribution in [-0.4, -0.2) is 42.0 Å². The summed E-state index contributed by atoms with van der Waals surface area (Å²) in [5.41, 5.74) is 6.00. The van der Waals surface area contributed by atoms with Gasteiger partial charge in [-0.2, -0.15) is 0 Å². The lowest BCUT2D eigenvalue weighted by atomic mass is 9.95. The summed E-state index contributed by atoms with van der Waals surface area (Å²) in [6, 6.07) is 0. The lowest BCUT2D eigenvalue weighted by Crippen LogP contribution is -2.29. The molecule has 116 valence electrons. The summed E-state index contributed by atoms with van der Waals surface area (Å²) in [5.74, 6) is 1.71. The number of anilines is 2. The highest BCUT2D eigenvalue weighted by Gasteiger charge is 2.31. The minimum absolute atomic E-state index is 0.0681. The number of aromatic nitrogens is 1. The van der Waals surface area contributed by atoms with Crippen LogP contribution in [0.25, 0.3) is 0 Å². The third kappa shape index (κ3) is 2.86. The number of nitrogens with two attached hydrogens (primary N) is 1. The summed E-state index contributed by atoms with van der Waals surface area (Å²) < 4.78 is 0. The third-order valence-corrected chi connectivity index (χ3v) is 5.79. The van der Waals surface area contributed by atoms with E-state index in [1.165, 1.54) is 24.2 Å². The molecule has 2 aliphatic heterocycles. The summed E-state index contributed by atoms with van der Waals surface area (Å²) in [5, 5.41) is 0.910. The van der Waals surface area contributed by atoms with Crippen LogP contribution < -0.4 is 10.6 Å². The predicted molar refractivity (Wildman–Crippen MR) is 86.8 cm³/mol. The van der Waals surface area contributed by atoms with Crippen molar-refractivity contribution >= 4 is 28.2 Å². The molecule has 0 spiro atoms. The Balaban J connectivity index is 1.73. The van der Waals surface area contributed by atoms with Crippen LogP contribution >= 0.6 is 11.3 Å². The number of nitrogen functional groups attached to an aromatic ring is 1. The minimum Gasteiger partial charge on any atom is -0.382 e. The Morgan fingerprint density at radius 1 is 1.33 bits per heavy atom. The highest BCUT2D eigenvalue weighted by Crippen LogP contribution is 2.33. The van der Waals surface area contributed by atoms with Gasteiger partial charge in [-0.15, -0.1) is 0 Å². The standard InChI is InChI=1S/C15H24N4OS/c1-10(2)11-5-8-19(9-11)14(20)12-13(16)17-15(21-12)18-6-3-4-7-18/h10-11H,3-9,16H2,1-2H3. The van der Waals surface area contributed by atoms with Gasteiger partial charge >= 0.3 is 0 Å². The molecule has 2 aliphatic rings. The second-order valence-electron chi connectivity index (χ2n) is 6.45. The van der Waals surface area contributed by atoms with Crippen LogP contribution in [0.4, 0.5) is 10.9 Å². The largest absolute Gasteiger partial charge is 0.382 e. The first-order valence-electron chi connectivity index (χ1n) is 7.86. The van der Waals surface area contributed by atoms with Gasteiger partial charge in [-0.05, 0) is 31.1 Å². The average molecular weight is 308 g/mol. The fourth-order valence-electron chi connectivity index (χ4n) is 3.18. The molecule has 1 aromatic rings. The van der Waals surface area contributed by atoms with Crippen molar-refractivity contribution in [3.05, 3.63) is 4.88 Å². The molecule has 5 nitrogen and oxygen atoms in total. The first-order chi connectivity index (χ1) is 10.1. The fourth-order valence-corrected chi connectivity index (χ4v) is 4.18. The molecule has 1 aromatic heterocycles. The maximum atomic E-state index is 12.7. The predicted octanol–water partition coefficient (Wildman–Crippen LogP) is 2.44. The molecule has 21 heavy (non-hydrogen) atoms. The van der Waals surface area contributed by atoms with Gasteiger partial charge in [0, 0.05) is 26.2 Å². The number of hydrogen-bond acceptors (Lipinski definition) is 5. The van der Waals surface area contributed by atoms with Crippen molar-refractivity contribution in [1.29, 1.82) is 0 Å². The Morgan fingerprint density at radius 2 is 2.05 bits per heavy atom. The van der Waals surface area contributed by atoms with E-state index in [0.717, 1.165) is 37.7 Å². The Morgan fingerprint density at radius 3 is 2.67 bits per heavy atom. The Labute approximate surface area is 130 Å². The van der Waals surface area contributed by atoms with Gasteiger partial charge in [-0.1, -0.05) is 25.2 Å². The van der Waals surface area contributed by atoms with E-state index in [4.69, 9.17) is 5.73 Å². The van der Waals surface area contributed by atoms with Crippen LogP contribution in [0.5, 0.6) is 0 Å². The molecule has 0 saturated carbocycles. The van der Waals surface area contributed by atoms with E-state index in [9.17, 15) is 4.79 Å². The quantitative estimate of drug-likeness (QED) is 0.931. The van der Waals surface area contributed by atoms with Crippen molar-refractivity contribution in [2.24, 2.45) is 11.8 Å². The van der Waals surface area contributed by atoms with Crippen molar-refractivity contribution in [2.75, 3.05) is 36.8 Å². The number of thiazole rings is 1. The molecule has 3 heterocycles. The number of hydrogen-bond donors (Lipinski definition) is 1. The van der Waals surface area contributed by atoms with E-state index in [1.807, 2.05) is 4.90 Å². The molecule has 1 amide bonds. The van der Waals surface area contributed by atoms with Gasteiger partial charge in [-0.25, -0.2) is 4.98 Å². The number of likely N-dealkylation sites (tertiary alicyclic amines) is 1. The number of carbonyl (C=O) groups excluding carboxylic acids is 1. The van der Waals surface area contributed by atoms with Crippen LogP contribution in [0, 0.1) is 11.8 Å². The molecule has 2 fully saturated rings. The van der Waals surface area contributed by atoms with E-state index in [0.29, 0.717) is 22.5 Å². The maximum absolute atomic E-state index is 12.7. The molecule has 0 aromatic carbocycles. The zero-order chi connectivity index (χ0) is 15.0. The molecule has 3 rings (SSSR count). The monoisotopic (exact) mass is 308 g/mol. The molecule has 0 radical (unpaired) electrons. The van der Waals surface area contributed by atoms with Crippen molar-refractivity contribution < 1.29 is 4.79 Å². The van der Waals surface area contributed by atoms with Crippen molar-refractivity contribution in [3.8, 4) is 0 Å². The number of rotatable bonds is 3. The van der Waals surface area contributed by atoms with Gasteiger partial charge in [0.25, 0.3) is 5.91 Å². The molecule has 1 atom stereocenters. The van der Waals surface area contributed by atoms with Crippen molar-refractivity contribution in [3.63, 3.8) is 0 Å². The van der Waals surface area contributed by atoms with Crippen molar-refractivity contribution in [1.82, 2.24) is 9.88 Å². The average Bonchev–Trinajstić information content (AvgIpc) is 3.18. The number of nitrogens with zero attached hydrogens (tertiary/aromatic N) is 3. The summed E-state index contributed by atoms with van der Waals surface area (Å²) in [7, 11) is 0. The maximum Gasteiger partial charge on any atom is 0.267 e. The Kier molecular flexibility index (Phi) is 4.06. The van der Waals surface area contributed by atoms with E-state index >= 15 is 0 Å². The lowest BCUT2D eigenvalue weighted by Gasteiger charge is -2.17. The molecular weight excluding hydrogens is 284 g/mol. The van der Waals surface area contributed by atoms with Gasteiger partial charge in [-0.3, -0.25) is 4.79 Å². The first-order valence-corrected chi connectivity index (χ1v) is 8.68. The van der Waals surface area contributed by atoms with Crippen LogP contribution in [0.1, 0.15) is 42.8 Å². The number of carbonyl (C=O) groups is 1. The molecule has 6 heteroatoms. The van der Waals surface area contributed by atoms with Gasteiger partial charge in [0.1, 0.15) is 10.7 Å². The van der Waals surface area contributed by atoms with Crippen LogP contribution in [0.15, 0.2) is 0 Å². The molecule has 2 saturated heterocycles. The van der Waals surface area contributed by atoms with Crippen LogP contribution in [0.3, 0.4) is 0 Å². The van der Waals surface area contributed by atoms with Gasteiger partial charge in [0.2, 0.25) is 0 Å². The topological polar surface area (TPSA) is 62.5 Å². The summed E-state index contributed by atoms with van der Waals surface area (Å²) in [6.45, 7) is 8.21. The molecule has 1 unspecified atom stereocenters. The second kappa shape index (κ2) is 5.83. The van der Waals surface area contributed by atoms with Gasteiger partial charge in [0.15, 0.2) is 5.13 Å². The minimum atomic E-state index is 0.0681. The summed E-state index contributed by atoms with van der Waals surface area (Å²) in [6.07, 6.45) is 3.50. The van der Waals surface area contributed by atoms with E-state index in [-0.39, 0.29) is 5.91 Å². The number of amides is 1. The van der Waals surface area contributed by atoms with E-state index in [1.54, 1.807) is 0 Å². The SMILES string of the molecule is CC(C)C1CCN(C(=O)c2sc(N3CCCC3)nc2N)C1. The van der Waals surface area contributed by atoms with E-state index in [2.05, 4.69) is 23.7 Å². The zero-order valence-corrected chi connectivity index (χ0v) is 13.7. The molecular formula is C15H24N4OS. The molecule has 0 aliphatic carbocycles. The van der Waals surface area contributed by atoms with Crippen LogP contribution in [-0.2, 0) is 0 Å². The Bertz CT molecular complexity index is 522. The Hall–Kier alpha value is -1.30. The second-order valence-corrected chi connectivity index (χ2v) is 7.43.